The first-order chi connectivity index (χ1) is 14.5. The van der Waals surface area contributed by atoms with Crippen LogP contribution in [0.3, 0.4) is 0 Å². The standard InChI is InChI=1S/C21H23FN4O2S2/c22-18-8-4-16(5-9-18)14-20-24-25-21(29-20)23-15-17-6-10-19(11-7-17)30(27,28)26-12-2-1-3-13-26/h4-11H,1-3,12-15H2,(H,23,25). The van der Waals surface area contributed by atoms with Crippen LogP contribution in [0.2, 0.25) is 0 Å². The molecule has 0 spiro atoms. The molecule has 30 heavy (non-hydrogen) atoms. The van der Waals surface area contributed by atoms with Crippen LogP contribution in [0.1, 0.15) is 35.4 Å². The lowest BCUT2D eigenvalue weighted by Crippen LogP contribution is -2.35. The number of halogens is 1. The van der Waals surface area contributed by atoms with Crippen molar-refractivity contribution >= 4 is 26.5 Å². The Labute approximate surface area is 179 Å². The van der Waals surface area contributed by atoms with E-state index >= 15 is 0 Å². The number of rotatable bonds is 7. The van der Waals surface area contributed by atoms with Crippen LogP contribution in [0.4, 0.5) is 9.52 Å². The molecule has 158 valence electrons. The highest BCUT2D eigenvalue weighted by atomic mass is 32.2. The molecule has 3 aromatic rings. The van der Waals surface area contributed by atoms with Gasteiger partial charge >= 0.3 is 0 Å². The number of aromatic nitrogens is 2. The summed E-state index contributed by atoms with van der Waals surface area (Å²) < 4.78 is 40.0. The number of nitrogens with one attached hydrogen (secondary N) is 1. The molecule has 9 heteroatoms. The first kappa shape index (κ1) is 20.9. The maximum atomic E-state index is 13.0. The van der Waals surface area contributed by atoms with E-state index in [9.17, 15) is 12.8 Å². The van der Waals surface area contributed by atoms with Gasteiger partial charge in [0.1, 0.15) is 10.8 Å². The number of hydrogen-bond acceptors (Lipinski definition) is 6. The fraction of sp³-hybridized carbons (Fsp3) is 0.333. The molecule has 2 aromatic carbocycles. The van der Waals surface area contributed by atoms with Gasteiger partial charge in [0.15, 0.2) is 0 Å². The van der Waals surface area contributed by atoms with Gasteiger partial charge in [0.2, 0.25) is 15.2 Å². The molecule has 0 aliphatic carbocycles. The van der Waals surface area contributed by atoms with E-state index in [2.05, 4.69) is 15.5 Å². The molecule has 0 bridgehead atoms. The minimum Gasteiger partial charge on any atom is -0.356 e. The molecule has 0 saturated carbocycles. The summed E-state index contributed by atoms with van der Waals surface area (Å²) in [7, 11) is -3.41. The predicted molar refractivity (Wildman–Crippen MR) is 115 cm³/mol. The van der Waals surface area contributed by atoms with E-state index < -0.39 is 10.0 Å². The van der Waals surface area contributed by atoms with Gasteiger partial charge in [-0.2, -0.15) is 4.31 Å². The Bertz CT molecular complexity index is 1080. The molecule has 1 aromatic heterocycles. The normalized spacial score (nSPS) is 15.2. The van der Waals surface area contributed by atoms with Crippen LogP contribution in [0.5, 0.6) is 0 Å². The van der Waals surface area contributed by atoms with Gasteiger partial charge in [0.25, 0.3) is 0 Å². The Balaban J connectivity index is 1.34. The summed E-state index contributed by atoms with van der Waals surface area (Å²) in [5.41, 5.74) is 1.94. The monoisotopic (exact) mass is 446 g/mol. The summed E-state index contributed by atoms with van der Waals surface area (Å²) in [6.45, 7) is 1.72. The van der Waals surface area contributed by atoms with E-state index in [1.807, 2.05) is 12.1 Å². The molecule has 0 atom stereocenters. The van der Waals surface area contributed by atoms with E-state index in [0.717, 1.165) is 35.4 Å². The van der Waals surface area contributed by atoms with Gasteiger partial charge in [-0.3, -0.25) is 0 Å². The van der Waals surface area contributed by atoms with Crippen LogP contribution < -0.4 is 5.32 Å². The highest BCUT2D eigenvalue weighted by Gasteiger charge is 2.25. The van der Waals surface area contributed by atoms with Gasteiger partial charge < -0.3 is 5.32 Å². The van der Waals surface area contributed by atoms with Gasteiger partial charge in [-0.05, 0) is 48.2 Å². The quantitative estimate of drug-likeness (QED) is 0.593. The zero-order valence-electron chi connectivity index (χ0n) is 16.4. The van der Waals surface area contributed by atoms with Crippen LogP contribution in [0.25, 0.3) is 0 Å². The predicted octanol–water partition coefficient (Wildman–Crippen LogP) is 4.05. The van der Waals surface area contributed by atoms with Crippen molar-refractivity contribution in [1.82, 2.24) is 14.5 Å². The zero-order valence-corrected chi connectivity index (χ0v) is 18.1. The Kier molecular flexibility index (Phi) is 6.40. The lowest BCUT2D eigenvalue weighted by molar-refractivity contribution is 0.346. The average molecular weight is 447 g/mol. The molecular formula is C21H23FN4O2S2. The van der Waals surface area contributed by atoms with Crippen molar-refractivity contribution in [1.29, 1.82) is 0 Å². The van der Waals surface area contributed by atoms with Crippen molar-refractivity contribution in [3.63, 3.8) is 0 Å². The smallest absolute Gasteiger partial charge is 0.243 e. The van der Waals surface area contributed by atoms with Crippen molar-refractivity contribution < 1.29 is 12.8 Å². The molecule has 0 amide bonds. The average Bonchev–Trinajstić information content (AvgIpc) is 3.22. The molecule has 2 heterocycles. The van der Waals surface area contributed by atoms with Gasteiger partial charge in [0.05, 0.1) is 4.90 Å². The minimum atomic E-state index is -3.41. The van der Waals surface area contributed by atoms with E-state index in [1.54, 1.807) is 28.6 Å². The second-order valence-electron chi connectivity index (χ2n) is 7.27. The molecule has 1 aliphatic rings. The van der Waals surface area contributed by atoms with Gasteiger partial charge in [-0.25, -0.2) is 12.8 Å². The second-order valence-corrected chi connectivity index (χ2v) is 10.3. The number of hydrogen-bond donors (Lipinski definition) is 1. The number of anilines is 1. The highest BCUT2D eigenvalue weighted by molar-refractivity contribution is 7.89. The topological polar surface area (TPSA) is 75.2 Å². The fourth-order valence-corrected chi connectivity index (χ4v) is 5.67. The largest absolute Gasteiger partial charge is 0.356 e. The van der Waals surface area contributed by atoms with Crippen molar-refractivity contribution in [3.8, 4) is 0 Å². The summed E-state index contributed by atoms with van der Waals surface area (Å²) in [4.78, 5) is 0.339. The number of nitrogens with zero attached hydrogens (tertiary/aromatic N) is 3. The van der Waals surface area contributed by atoms with Crippen LogP contribution >= 0.6 is 11.3 Å². The maximum absolute atomic E-state index is 13.0. The molecule has 6 nitrogen and oxygen atoms in total. The molecule has 4 rings (SSSR count). The summed E-state index contributed by atoms with van der Waals surface area (Å²) in [5.74, 6) is -0.256. The van der Waals surface area contributed by atoms with Crippen LogP contribution in [0.15, 0.2) is 53.4 Å². The third-order valence-electron chi connectivity index (χ3n) is 5.06. The number of sulfonamides is 1. The number of piperidine rings is 1. The van der Waals surface area contributed by atoms with Crippen molar-refractivity contribution in [2.45, 2.75) is 37.1 Å². The van der Waals surface area contributed by atoms with Crippen molar-refractivity contribution in [3.05, 3.63) is 70.5 Å². The van der Waals surface area contributed by atoms with Gasteiger partial charge in [-0.15, -0.1) is 10.2 Å². The van der Waals surface area contributed by atoms with E-state index in [-0.39, 0.29) is 5.82 Å². The molecule has 1 aliphatic heterocycles. The highest BCUT2D eigenvalue weighted by Crippen LogP contribution is 2.22. The van der Waals surface area contributed by atoms with Crippen LogP contribution in [-0.2, 0) is 23.0 Å². The van der Waals surface area contributed by atoms with E-state index in [4.69, 9.17) is 0 Å². The Hall–Kier alpha value is -2.36. The Morgan fingerprint density at radius 1 is 0.933 bits per heavy atom. The van der Waals surface area contributed by atoms with Crippen LogP contribution in [-0.4, -0.2) is 36.0 Å². The second kappa shape index (κ2) is 9.20. The summed E-state index contributed by atoms with van der Waals surface area (Å²) >= 11 is 1.45. The summed E-state index contributed by atoms with van der Waals surface area (Å²) in [5, 5.41) is 13.1. The molecule has 1 saturated heterocycles. The van der Waals surface area contributed by atoms with Gasteiger partial charge in [0, 0.05) is 26.1 Å². The van der Waals surface area contributed by atoms with Crippen molar-refractivity contribution in [2.75, 3.05) is 18.4 Å². The Morgan fingerprint density at radius 2 is 1.60 bits per heavy atom. The molecule has 0 radical (unpaired) electrons. The Morgan fingerprint density at radius 3 is 2.30 bits per heavy atom. The minimum absolute atomic E-state index is 0.256. The SMILES string of the molecule is O=S(=O)(c1ccc(CNc2nnc(Cc3ccc(F)cc3)s2)cc1)N1CCCCC1. The third kappa shape index (κ3) is 5.03. The first-order valence-corrected chi connectivity index (χ1v) is 12.2. The van der Waals surface area contributed by atoms with E-state index in [0.29, 0.717) is 36.1 Å². The fourth-order valence-electron chi connectivity index (χ4n) is 3.38. The first-order valence-electron chi connectivity index (χ1n) is 9.90. The molecular weight excluding hydrogens is 423 g/mol. The lowest BCUT2D eigenvalue weighted by atomic mass is 10.2. The zero-order chi connectivity index (χ0) is 21.0. The molecule has 0 unspecified atom stereocenters. The van der Waals surface area contributed by atoms with Gasteiger partial charge in [-0.1, -0.05) is 42.0 Å². The third-order valence-corrected chi connectivity index (χ3v) is 7.85. The maximum Gasteiger partial charge on any atom is 0.243 e. The molecule has 1 N–H and O–H groups in total. The van der Waals surface area contributed by atoms with E-state index in [1.165, 1.54) is 23.5 Å². The number of benzene rings is 2. The molecule has 1 fully saturated rings. The van der Waals surface area contributed by atoms with Crippen molar-refractivity contribution in [2.24, 2.45) is 0 Å². The summed E-state index contributed by atoms with van der Waals surface area (Å²) in [6, 6.07) is 13.3. The summed E-state index contributed by atoms with van der Waals surface area (Å²) in [6.07, 6.45) is 3.54. The van der Waals surface area contributed by atoms with Crippen LogP contribution in [0, 0.1) is 5.82 Å². The lowest BCUT2D eigenvalue weighted by Gasteiger charge is -2.25.